The van der Waals surface area contributed by atoms with E-state index in [0.29, 0.717) is 29.8 Å². The molecule has 9 nitrogen and oxygen atoms in total. The van der Waals surface area contributed by atoms with Crippen molar-refractivity contribution in [2.75, 3.05) is 17.3 Å². The minimum atomic E-state index is -4.61. The minimum absolute atomic E-state index is 0.0177. The first-order valence-corrected chi connectivity index (χ1v) is 14.8. The Morgan fingerprint density at radius 3 is 2.55 bits per heavy atom. The van der Waals surface area contributed by atoms with E-state index in [1.54, 1.807) is 25.6 Å². The van der Waals surface area contributed by atoms with E-state index in [1.807, 2.05) is 30.7 Å². The van der Waals surface area contributed by atoms with E-state index in [1.165, 1.54) is 11.0 Å². The summed E-state index contributed by atoms with van der Waals surface area (Å²) in [5.41, 5.74) is 1.58. The maximum atomic E-state index is 14.3. The van der Waals surface area contributed by atoms with Gasteiger partial charge in [-0.15, -0.1) is 10.2 Å². The Hall–Kier alpha value is -3.95. The topological polar surface area (TPSA) is 108 Å². The van der Waals surface area contributed by atoms with Crippen molar-refractivity contribution in [3.63, 3.8) is 0 Å². The average Bonchev–Trinajstić information content (AvgIpc) is 3.51. The highest BCUT2D eigenvalue weighted by Gasteiger charge is 2.41. The van der Waals surface area contributed by atoms with E-state index in [2.05, 4.69) is 33.8 Å². The summed E-state index contributed by atoms with van der Waals surface area (Å²) >= 11 is 0. The second kappa shape index (κ2) is 12.6. The largest absolute Gasteiger partial charge is 0.416 e. The number of nitrogens with one attached hydrogen (secondary N) is 2. The van der Waals surface area contributed by atoms with Crippen LogP contribution in [0, 0.1) is 11.3 Å². The van der Waals surface area contributed by atoms with Gasteiger partial charge in [-0.25, -0.2) is 0 Å². The Morgan fingerprint density at radius 2 is 1.93 bits per heavy atom. The molecular formula is C32H38F3N7O2. The lowest BCUT2D eigenvalue weighted by atomic mass is 9.78. The number of carbonyl (C=O) groups excluding carboxylic acids is 1. The monoisotopic (exact) mass is 609 g/mol. The number of amides is 1. The lowest BCUT2D eigenvalue weighted by molar-refractivity contribution is -0.138. The highest BCUT2D eigenvalue weighted by Crippen LogP contribution is 2.40. The molecule has 5 rings (SSSR count). The summed E-state index contributed by atoms with van der Waals surface area (Å²) in [5.74, 6) is 0.271. The Balaban J connectivity index is 1.47. The van der Waals surface area contributed by atoms with Crippen molar-refractivity contribution in [2.45, 2.75) is 89.3 Å². The zero-order valence-corrected chi connectivity index (χ0v) is 25.5. The fourth-order valence-electron chi connectivity index (χ4n) is 5.93. The molecule has 0 spiro atoms. The second-order valence-electron chi connectivity index (χ2n) is 12.2. The van der Waals surface area contributed by atoms with Crippen molar-refractivity contribution in [3.05, 3.63) is 70.3 Å². The molecule has 0 bridgehead atoms. The molecule has 234 valence electrons. The van der Waals surface area contributed by atoms with Crippen molar-refractivity contribution in [3.8, 4) is 6.07 Å². The van der Waals surface area contributed by atoms with E-state index in [-0.39, 0.29) is 48.3 Å². The van der Waals surface area contributed by atoms with Crippen molar-refractivity contribution >= 4 is 17.3 Å². The fraction of sp³-hybridized carbons (Fsp3) is 0.500. The van der Waals surface area contributed by atoms with Crippen LogP contribution in [-0.4, -0.2) is 45.5 Å². The van der Waals surface area contributed by atoms with Gasteiger partial charge in [-0.2, -0.15) is 18.4 Å². The number of methoxy groups -OCH3 is 1. The van der Waals surface area contributed by atoms with Crippen LogP contribution in [0.1, 0.15) is 78.0 Å². The number of hydrogen-bond acceptors (Lipinski definition) is 7. The van der Waals surface area contributed by atoms with Gasteiger partial charge in [-0.3, -0.25) is 4.79 Å². The first-order chi connectivity index (χ1) is 20.9. The van der Waals surface area contributed by atoms with Gasteiger partial charge in [-0.1, -0.05) is 0 Å². The van der Waals surface area contributed by atoms with Crippen LogP contribution in [0.25, 0.3) is 0 Å². The smallest absolute Gasteiger partial charge is 0.381 e. The highest BCUT2D eigenvalue weighted by atomic mass is 19.4. The zero-order valence-electron chi connectivity index (χ0n) is 25.5. The molecule has 2 atom stereocenters. The molecule has 0 radical (unpaired) electrons. The summed E-state index contributed by atoms with van der Waals surface area (Å²) in [5, 5.41) is 23.9. The van der Waals surface area contributed by atoms with Gasteiger partial charge in [0, 0.05) is 55.6 Å². The first-order valence-electron chi connectivity index (χ1n) is 14.8. The Kier molecular flexibility index (Phi) is 9.00. The molecule has 3 aromatic rings. The number of aryl methyl sites for hydroxylation is 1. The van der Waals surface area contributed by atoms with Crippen LogP contribution < -0.4 is 15.5 Å². The van der Waals surface area contributed by atoms with Crippen LogP contribution in [-0.2, 0) is 43.9 Å². The normalized spacial score (nSPS) is 17.1. The Labute approximate surface area is 255 Å². The van der Waals surface area contributed by atoms with Gasteiger partial charge in [0.1, 0.15) is 12.2 Å². The minimum Gasteiger partial charge on any atom is -0.381 e. The Morgan fingerprint density at radius 1 is 1.16 bits per heavy atom. The number of alkyl halides is 3. The third-order valence-corrected chi connectivity index (χ3v) is 8.70. The molecule has 1 saturated carbocycles. The van der Waals surface area contributed by atoms with E-state index >= 15 is 0 Å². The lowest BCUT2D eigenvalue weighted by Gasteiger charge is -2.39. The molecule has 1 aliphatic carbocycles. The standard InChI is InChI=1S/C32H38F3N7O2/c1-20(6-9-36)39-23-10-21(12-25(44-4)16-29-40-38-19-41(29)3)11-24(15-23)42-18-27-26(30(42)43)13-22(14-28(27)32(33,34)35)17-37-31(2)7-5-8-31/h10-11,13-15,19-20,25,37,39H,5-8,12,16-18H2,1-4H3/t20-,25+/m0/s1. The lowest BCUT2D eigenvalue weighted by Crippen LogP contribution is -2.47. The third kappa shape index (κ3) is 6.89. The van der Waals surface area contributed by atoms with Crippen molar-refractivity contribution in [2.24, 2.45) is 7.05 Å². The number of nitrogens with zero attached hydrogens (tertiary/aromatic N) is 5. The van der Waals surface area contributed by atoms with E-state index < -0.39 is 17.6 Å². The molecule has 12 heteroatoms. The van der Waals surface area contributed by atoms with Gasteiger partial charge >= 0.3 is 6.18 Å². The van der Waals surface area contributed by atoms with Crippen LogP contribution in [0.15, 0.2) is 36.7 Å². The number of halogens is 3. The summed E-state index contributed by atoms with van der Waals surface area (Å²) in [7, 11) is 3.46. The molecule has 0 unspecified atom stereocenters. The predicted octanol–water partition coefficient (Wildman–Crippen LogP) is 5.54. The van der Waals surface area contributed by atoms with E-state index in [4.69, 9.17) is 4.74 Å². The maximum absolute atomic E-state index is 14.3. The Bertz CT molecular complexity index is 1560. The molecule has 44 heavy (non-hydrogen) atoms. The van der Waals surface area contributed by atoms with Gasteiger partial charge in [0.25, 0.3) is 5.91 Å². The highest BCUT2D eigenvalue weighted by molar-refractivity contribution is 6.10. The van der Waals surface area contributed by atoms with Gasteiger partial charge in [-0.05, 0) is 86.6 Å². The molecule has 2 aromatic carbocycles. The number of benzene rings is 2. The van der Waals surface area contributed by atoms with Crippen LogP contribution in [0.5, 0.6) is 0 Å². The summed E-state index contributed by atoms with van der Waals surface area (Å²) in [4.78, 5) is 15.2. The van der Waals surface area contributed by atoms with Gasteiger partial charge in [0.05, 0.1) is 30.7 Å². The fourth-order valence-corrected chi connectivity index (χ4v) is 5.93. The summed E-state index contributed by atoms with van der Waals surface area (Å²) in [6.45, 7) is 3.99. The van der Waals surface area contributed by atoms with Crippen molar-refractivity contribution in [1.82, 2.24) is 20.1 Å². The number of ether oxygens (including phenoxy) is 1. The van der Waals surface area contributed by atoms with Crippen LogP contribution >= 0.6 is 0 Å². The molecular weight excluding hydrogens is 571 g/mol. The molecule has 1 fully saturated rings. The summed E-state index contributed by atoms with van der Waals surface area (Å²) in [6, 6.07) is 10.2. The number of hydrogen-bond donors (Lipinski definition) is 2. The predicted molar refractivity (Wildman–Crippen MR) is 160 cm³/mol. The first kappa shape index (κ1) is 31.5. The number of rotatable bonds is 12. The van der Waals surface area contributed by atoms with E-state index in [0.717, 1.165) is 30.7 Å². The van der Waals surface area contributed by atoms with E-state index in [9.17, 15) is 23.2 Å². The summed E-state index contributed by atoms with van der Waals surface area (Å²) < 4.78 is 50.6. The molecule has 1 aromatic heterocycles. The molecule has 2 N–H and O–H groups in total. The van der Waals surface area contributed by atoms with Crippen molar-refractivity contribution in [1.29, 1.82) is 5.26 Å². The zero-order chi connectivity index (χ0) is 31.6. The number of anilines is 2. The van der Waals surface area contributed by atoms with Crippen LogP contribution in [0.2, 0.25) is 0 Å². The van der Waals surface area contributed by atoms with Crippen molar-refractivity contribution < 1.29 is 22.7 Å². The molecule has 0 saturated heterocycles. The molecule has 1 amide bonds. The third-order valence-electron chi connectivity index (χ3n) is 8.70. The second-order valence-corrected chi connectivity index (χ2v) is 12.2. The molecule has 2 heterocycles. The van der Waals surface area contributed by atoms with Crippen LogP contribution in [0.3, 0.4) is 0 Å². The SMILES string of the molecule is CO[C@H](Cc1cc(N[C@@H](C)CC#N)cc(N2Cc3c(cc(CNC4(C)CCC4)cc3C(F)(F)F)C2=O)c1)Cc1nncn1C. The molecule has 1 aliphatic heterocycles. The maximum Gasteiger partial charge on any atom is 0.416 e. The summed E-state index contributed by atoms with van der Waals surface area (Å²) in [6.07, 6.45) is 0.966. The molecule has 2 aliphatic rings. The number of fused-ring (bicyclic) bond motifs is 1. The quantitative estimate of drug-likeness (QED) is 0.278. The number of aromatic nitrogens is 3. The number of carbonyl (C=O) groups is 1. The van der Waals surface area contributed by atoms with Gasteiger partial charge < -0.3 is 24.8 Å². The average molecular weight is 610 g/mol. The number of nitriles is 1. The van der Waals surface area contributed by atoms with Crippen LogP contribution in [0.4, 0.5) is 24.5 Å². The van der Waals surface area contributed by atoms with Gasteiger partial charge in [0.15, 0.2) is 0 Å². The van der Waals surface area contributed by atoms with Gasteiger partial charge in [0.2, 0.25) is 0 Å².